The van der Waals surface area contributed by atoms with E-state index >= 15 is 0 Å². The van der Waals surface area contributed by atoms with Gasteiger partial charge in [-0.15, -0.1) is 0 Å². The van der Waals surface area contributed by atoms with Crippen LogP contribution in [0.5, 0.6) is 0 Å². The Morgan fingerprint density at radius 2 is 1.83 bits per heavy atom. The molecule has 1 aromatic heterocycles. The first-order valence-electron chi connectivity index (χ1n) is 9.08. The highest BCUT2D eigenvalue weighted by Gasteiger charge is 2.59. The maximum absolute atomic E-state index is 12.6. The maximum atomic E-state index is 12.6. The van der Waals surface area contributed by atoms with Crippen LogP contribution in [0.3, 0.4) is 0 Å². The molecule has 0 N–H and O–H groups in total. The first kappa shape index (κ1) is 18.0. The molecule has 1 saturated carbocycles. The quantitative estimate of drug-likeness (QED) is 0.229. The highest BCUT2D eigenvalue weighted by molar-refractivity contribution is 9.10. The number of benzene rings is 1. The van der Waals surface area contributed by atoms with Gasteiger partial charge in [0.15, 0.2) is 0 Å². The number of nitrogens with zero attached hydrogens (tertiary/aromatic N) is 3. The third-order valence-corrected chi connectivity index (χ3v) is 6.29. The molecule has 1 aromatic carbocycles. The molecule has 4 atom stereocenters. The fourth-order valence-electron chi connectivity index (χ4n) is 4.55. The predicted octanol–water partition coefficient (Wildman–Crippen LogP) is 3.76. The lowest BCUT2D eigenvalue weighted by Gasteiger charge is -2.13. The Bertz CT molecular complexity index is 1090. The second-order valence-electron chi connectivity index (χ2n) is 7.35. The van der Waals surface area contributed by atoms with Crippen LogP contribution < -0.4 is 0 Å². The lowest BCUT2D eigenvalue weighted by Crippen LogP contribution is -2.28. The number of carbonyl (C=O) groups excluding carboxylic acids is 2. The van der Waals surface area contributed by atoms with Crippen LogP contribution in [0.15, 0.2) is 56.5 Å². The molecule has 8 nitrogen and oxygen atoms in total. The van der Waals surface area contributed by atoms with Gasteiger partial charge in [0, 0.05) is 10.5 Å². The van der Waals surface area contributed by atoms with Gasteiger partial charge in [-0.2, -0.15) is 10.1 Å². The minimum absolute atomic E-state index is 0.0992. The number of halogens is 1. The lowest BCUT2D eigenvalue weighted by atomic mass is 9.85. The van der Waals surface area contributed by atoms with Gasteiger partial charge >= 0.3 is 0 Å². The molecule has 2 amide bonds. The van der Waals surface area contributed by atoms with Crippen LogP contribution in [-0.4, -0.2) is 28.0 Å². The maximum Gasteiger partial charge on any atom is 0.281 e. The number of furan rings is 1. The van der Waals surface area contributed by atoms with Crippen LogP contribution in [0.25, 0.3) is 11.3 Å². The number of carbonyl (C=O) groups is 2. The van der Waals surface area contributed by atoms with Crippen molar-refractivity contribution in [3.63, 3.8) is 0 Å². The van der Waals surface area contributed by atoms with E-state index in [2.05, 4.69) is 21.0 Å². The van der Waals surface area contributed by atoms with Gasteiger partial charge in [-0.1, -0.05) is 28.1 Å². The number of hydrazone groups is 1. The van der Waals surface area contributed by atoms with Gasteiger partial charge in [0.1, 0.15) is 11.5 Å². The van der Waals surface area contributed by atoms with Crippen molar-refractivity contribution in [2.45, 2.75) is 6.42 Å². The van der Waals surface area contributed by atoms with Gasteiger partial charge in [-0.05, 0) is 42.5 Å². The Morgan fingerprint density at radius 1 is 1.14 bits per heavy atom. The van der Waals surface area contributed by atoms with Crippen LogP contribution in [0.4, 0.5) is 5.69 Å². The third-order valence-electron chi connectivity index (χ3n) is 5.80. The Balaban J connectivity index is 1.39. The number of nitro benzene ring substituents is 1. The Morgan fingerprint density at radius 3 is 2.48 bits per heavy atom. The van der Waals surface area contributed by atoms with E-state index in [9.17, 15) is 19.7 Å². The van der Waals surface area contributed by atoms with Gasteiger partial charge in [0.2, 0.25) is 0 Å². The van der Waals surface area contributed by atoms with Crippen molar-refractivity contribution < 1.29 is 18.9 Å². The number of allylic oxidation sites excluding steroid dienone is 2. The molecule has 2 heterocycles. The summed E-state index contributed by atoms with van der Waals surface area (Å²) in [6, 6.07) is 7.83. The molecule has 2 fully saturated rings. The van der Waals surface area contributed by atoms with Crippen molar-refractivity contribution in [3.8, 4) is 11.3 Å². The number of hydrogen-bond acceptors (Lipinski definition) is 6. The predicted molar refractivity (Wildman–Crippen MR) is 106 cm³/mol. The summed E-state index contributed by atoms with van der Waals surface area (Å²) < 4.78 is 6.23. The van der Waals surface area contributed by atoms with E-state index in [1.165, 1.54) is 12.3 Å². The Kier molecular flexibility index (Phi) is 4.02. The minimum Gasteiger partial charge on any atom is -0.455 e. The van der Waals surface area contributed by atoms with Gasteiger partial charge < -0.3 is 4.42 Å². The minimum atomic E-state index is -0.487. The number of hydrogen-bond donors (Lipinski definition) is 0. The fraction of sp³-hybridized carbons (Fsp3) is 0.250. The second kappa shape index (κ2) is 6.48. The van der Waals surface area contributed by atoms with E-state index in [0.717, 1.165) is 11.4 Å². The average molecular weight is 456 g/mol. The number of imide groups is 1. The summed E-state index contributed by atoms with van der Waals surface area (Å²) in [7, 11) is 0. The molecule has 0 radical (unpaired) electrons. The van der Waals surface area contributed by atoms with E-state index in [4.69, 9.17) is 4.42 Å². The van der Waals surface area contributed by atoms with Gasteiger partial charge in [-0.3, -0.25) is 19.7 Å². The third kappa shape index (κ3) is 2.76. The van der Waals surface area contributed by atoms with Crippen molar-refractivity contribution in [2.24, 2.45) is 28.8 Å². The van der Waals surface area contributed by atoms with Gasteiger partial charge in [0.25, 0.3) is 17.5 Å². The monoisotopic (exact) mass is 455 g/mol. The molecule has 1 saturated heterocycles. The zero-order chi connectivity index (χ0) is 20.3. The summed E-state index contributed by atoms with van der Waals surface area (Å²) in [6.45, 7) is 0. The summed E-state index contributed by atoms with van der Waals surface area (Å²) >= 11 is 3.22. The highest BCUT2D eigenvalue weighted by atomic mass is 79.9. The Labute approximate surface area is 173 Å². The second-order valence-corrected chi connectivity index (χ2v) is 8.27. The summed E-state index contributed by atoms with van der Waals surface area (Å²) in [5.74, 6) is -0.351. The van der Waals surface area contributed by atoms with Crippen LogP contribution in [-0.2, 0) is 9.59 Å². The van der Waals surface area contributed by atoms with Crippen molar-refractivity contribution in [2.75, 3.05) is 0 Å². The lowest BCUT2D eigenvalue weighted by molar-refractivity contribution is -0.384. The van der Waals surface area contributed by atoms with E-state index in [0.29, 0.717) is 15.8 Å². The van der Waals surface area contributed by atoms with Crippen LogP contribution in [0.1, 0.15) is 12.2 Å². The molecule has 29 heavy (non-hydrogen) atoms. The molecule has 3 aliphatic rings. The fourth-order valence-corrected chi connectivity index (χ4v) is 4.90. The summed E-state index contributed by atoms with van der Waals surface area (Å²) in [6.07, 6.45) is 6.19. The molecular formula is C20H14BrN3O5. The average Bonchev–Trinajstić information content (AvgIpc) is 3.46. The smallest absolute Gasteiger partial charge is 0.281 e. The van der Waals surface area contributed by atoms with E-state index in [1.54, 1.807) is 24.3 Å². The van der Waals surface area contributed by atoms with Crippen LogP contribution in [0.2, 0.25) is 0 Å². The van der Waals surface area contributed by atoms with E-state index in [-0.39, 0.29) is 46.9 Å². The standard InChI is InChI=1S/C20H14BrN3O5/c21-12-3-5-14(15(8-12)24(27)28)16-6-4-13(29-16)9-22-23-19(25)17-10-1-2-11(7-10)18(17)20(23)26/h1-6,8-11,17-18H,7H2/b22-9-/t10-,11-,17-,18+/m0/s1. The summed E-state index contributed by atoms with van der Waals surface area (Å²) in [4.78, 5) is 36.1. The molecule has 2 aromatic rings. The Hall–Kier alpha value is -3.07. The molecule has 146 valence electrons. The number of rotatable bonds is 4. The zero-order valence-corrected chi connectivity index (χ0v) is 16.5. The summed E-state index contributed by atoms with van der Waals surface area (Å²) in [5.41, 5.74) is 0.223. The number of nitro groups is 1. The number of amides is 2. The van der Waals surface area contributed by atoms with E-state index < -0.39 is 4.92 Å². The topological polar surface area (TPSA) is 106 Å². The highest BCUT2D eigenvalue weighted by Crippen LogP contribution is 2.52. The van der Waals surface area contributed by atoms with E-state index in [1.807, 2.05) is 12.2 Å². The molecule has 1 aliphatic heterocycles. The molecule has 9 heteroatoms. The van der Waals surface area contributed by atoms with Crippen molar-refractivity contribution in [3.05, 3.63) is 62.8 Å². The normalized spacial score (nSPS) is 27.4. The van der Waals surface area contributed by atoms with Crippen molar-refractivity contribution in [1.29, 1.82) is 0 Å². The number of fused-ring (bicyclic) bond motifs is 5. The van der Waals surface area contributed by atoms with Gasteiger partial charge in [-0.25, -0.2) is 0 Å². The molecule has 5 rings (SSSR count). The largest absolute Gasteiger partial charge is 0.455 e. The SMILES string of the molecule is O=C1[C@@H]2[C@H](C(=O)N1/N=C\c1ccc(-c3ccc(Br)cc3[N+](=O)[O-])o1)[C@H]1C=C[C@H]2C1. The van der Waals surface area contributed by atoms with Crippen LogP contribution >= 0.6 is 15.9 Å². The molecule has 0 spiro atoms. The molecule has 2 aliphatic carbocycles. The first-order valence-corrected chi connectivity index (χ1v) is 9.87. The van der Waals surface area contributed by atoms with Crippen LogP contribution in [0, 0.1) is 33.8 Å². The molecule has 2 bridgehead atoms. The molecule has 0 unspecified atom stereocenters. The molecular weight excluding hydrogens is 442 g/mol. The first-order chi connectivity index (χ1) is 13.9. The van der Waals surface area contributed by atoms with Crippen molar-refractivity contribution >= 4 is 39.6 Å². The zero-order valence-electron chi connectivity index (χ0n) is 14.9. The van der Waals surface area contributed by atoms with Crippen molar-refractivity contribution in [1.82, 2.24) is 5.01 Å². The summed E-state index contributed by atoms with van der Waals surface area (Å²) in [5, 5.41) is 16.3. The van der Waals surface area contributed by atoms with Gasteiger partial charge in [0.05, 0.1) is 28.5 Å².